The van der Waals surface area contributed by atoms with Crippen molar-refractivity contribution in [3.8, 4) is 0 Å². The molecule has 5 heteroatoms. The fourth-order valence-corrected chi connectivity index (χ4v) is 3.77. The molecular weight excluding hydrogens is 347 g/mol. The third-order valence-electron chi connectivity index (χ3n) is 3.43. The number of likely N-dealkylation sites (tertiary alicyclic amines) is 1. The van der Waals surface area contributed by atoms with Crippen LogP contribution >= 0.6 is 33.9 Å². The van der Waals surface area contributed by atoms with Gasteiger partial charge in [0.2, 0.25) is 0 Å². The molecule has 1 aliphatic rings. The van der Waals surface area contributed by atoms with Gasteiger partial charge in [0.15, 0.2) is 0 Å². The summed E-state index contributed by atoms with van der Waals surface area (Å²) >= 11 is 3.86. The predicted molar refractivity (Wildman–Crippen MR) is 79.3 cm³/mol. The van der Waals surface area contributed by atoms with Gasteiger partial charge in [0.1, 0.15) is 0 Å². The molecule has 1 aliphatic heterocycles. The number of hydrogen-bond donors (Lipinski definition) is 1. The van der Waals surface area contributed by atoms with Crippen molar-refractivity contribution < 1.29 is 4.79 Å². The molecule has 17 heavy (non-hydrogen) atoms. The molecule has 2 N–H and O–H groups in total. The molecule has 2 unspecified atom stereocenters. The van der Waals surface area contributed by atoms with E-state index in [1.165, 1.54) is 6.42 Å². The van der Waals surface area contributed by atoms with E-state index < -0.39 is 0 Å². The molecule has 0 bridgehead atoms. The van der Waals surface area contributed by atoms with Crippen molar-refractivity contribution in [3.05, 3.63) is 19.9 Å². The zero-order valence-corrected chi connectivity index (χ0v) is 12.8. The Hall–Kier alpha value is -0.140. The summed E-state index contributed by atoms with van der Waals surface area (Å²) in [5.41, 5.74) is 6.62. The zero-order chi connectivity index (χ0) is 12.4. The van der Waals surface area contributed by atoms with Crippen molar-refractivity contribution in [1.29, 1.82) is 0 Å². The third-order valence-corrected chi connectivity index (χ3v) is 5.22. The molecule has 3 nitrogen and oxygen atoms in total. The molecule has 0 aliphatic carbocycles. The molecule has 1 amide bonds. The Morgan fingerprint density at radius 2 is 2.47 bits per heavy atom. The Bertz CT molecular complexity index is 407. The van der Waals surface area contributed by atoms with E-state index in [0.29, 0.717) is 12.5 Å². The van der Waals surface area contributed by atoms with E-state index in [9.17, 15) is 4.79 Å². The van der Waals surface area contributed by atoms with Crippen LogP contribution in [0.25, 0.3) is 0 Å². The molecule has 0 spiro atoms. The van der Waals surface area contributed by atoms with Gasteiger partial charge in [0, 0.05) is 24.5 Å². The van der Waals surface area contributed by atoms with Crippen LogP contribution in [-0.4, -0.2) is 29.9 Å². The van der Waals surface area contributed by atoms with Gasteiger partial charge in [-0.1, -0.05) is 6.92 Å². The van der Waals surface area contributed by atoms with E-state index in [-0.39, 0.29) is 11.9 Å². The summed E-state index contributed by atoms with van der Waals surface area (Å²) in [6, 6.07) is 2.16. The summed E-state index contributed by atoms with van der Waals surface area (Å²) in [6.45, 7) is 3.60. The van der Waals surface area contributed by atoms with Gasteiger partial charge in [-0.05, 0) is 47.4 Å². The topological polar surface area (TPSA) is 46.3 Å². The highest BCUT2D eigenvalue weighted by Gasteiger charge is 2.31. The number of thiophene rings is 1. The number of nitrogens with two attached hydrogens (primary N) is 1. The smallest absolute Gasteiger partial charge is 0.255 e. The molecule has 1 aromatic heterocycles. The van der Waals surface area contributed by atoms with E-state index >= 15 is 0 Å². The van der Waals surface area contributed by atoms with E-state index in [0.717, 1.165) is 21.4 Å². The highest BCUT2D eigenvalue weighted by molar-refractivity contribution is 14.1. The van der Waals surface area contributed by atoms with Crippen molar-refractivity contribution >= 4 is 39.8 Å². The van der Waals surface area contributed by atoms with Crippen LogP contribution < -0.4 is 5.73 Å². The summed E-state index contributed by atoms with van der Waals surface area (Å²) in [5, 5.41) is 1.94. The van der Waals surface area contributed by atoms with E-state index in [1.807, 2.05) is 16.3 Å². The lowest BCUT2D eigenvalue weighted by molar-refractivity contribution is 0.0533. The van der Waals surface area contributed by atoms with Crippen molar-refractivity contribution in [3.63, 3.8) is 0 Å². The normalized spacial score (nSPS) is 25.0. The number of carbonyl (C=O) groups is 1. The number of hydrogen-bond acceptors (Lipinski definition) is 3. The standard InChI is InChI=1S/C12H17IN2OS/c1-8-3-2-4-15(10(8)6-14)12(16)9-5-11(13)17-7-9/h5,7-8,10H,2-4,6,14H2,1H3. The average molecular weight is 364 g/mol. The second-order valence-corrected chi connectivity index (χ2v) is 7.37. The van der Waals surface area contributed by atoms with Gasteiger partial charge in [-0.15, -0.1) is 11.3 Å². The first-order valence-corrected chi connectivity index (χ1v) is 7.84. The Morgan fingerprint density at radius 3 is 3.06 bits per heavy atom. The number of carbonyl (C=O) groups excluding carboxylic acids is 1. The SMILES string of the molecule is CC1CCCN(C(=O)c2csc(I)c2)C1CN. The zero-order valence-electron chi connectivity index (χ0n) is 9.86. The van der Waals surface area contributed by atoms with Gasteiger partial charge in [-0.2, -0.15) is 0 Å². The van der Waals surface area contributed by atoms with E-state index in [2.05, 4.69) is 29.5 Å². The Morgan fingerprint density at radius 1 is 1.71 bits per heavy atom. The van der Waals surface area contributed by atoms with Gasteiger partial charge >= 0.3 is 0 Å². The largest absolute Gasteiger partial charge is 0.334 e. The van der Waals surface area contributed by atoms with Crippen molar-refractivity contribution in [1.82, 2.24) is 4.90 Å². The van der Waals surface area contributed by atoms with Gasteiger partial charge in [0.05, 0.1) is 8.45 Å². The van der Waals surface area contributed by atoms with E-state index in [1.54, 1.807) is 11.3 Å². The first-order chi connectivity index (χ1) is 8.13. The Kier molecular flexibility index (Phi) is 4.43. The highest BCUT2D eigenvalue weighted by Crippen LogP contribution is 2.26. The van der Waals surface area contributed by atoms with Crippen LogP contribution in [0.5, 0.6) is 0 Å². The fourth-order valence-electron chi connectivity index (χ4n) is 2.45. The molecule has 2 heterocycles. The molecule has 2 rings (SSSR count). The van der Waals surface area contributed by atoms with Crippen LogP contribution in [0.15, 0.2) is 11.4 Å². The first kappa shape index (κ1) is 13.3. The maximum atomic E-state index is 12.4. The minimum Gasteiger partial charge on any atom is -0.334 e. The maximum absolute atomic E-state index is 12.4. The van der Waals surface area contributed by atoms with Crippen LogP contribution in [0.1, 0.15) is 30.1 Å². The quantitative estimate of drug-likeness (QED) is 0.820. The minimum absolute atomic E-state index is 0.145. The molecule has 0 radical (unpaired) electrons. The third kappa shape index (κ3) is 2.82. The van der Waals surface area contributed by atoms with Crippen molar-refractivity contribution in [2.24, 2.45) is 11.7 Å². The second-order valence-electron chi connectivity index (χ2n) is 4.56. The molecule has 1 aromatic rings. The lowest BCUT2D eigenvalue weighted by atomic mass is 9.90. The molecule has 1 fully saturated rings. The molecule has 94 valence electrons. The summed E-state index contributed by atoms with van der Waals surface area (Å²) < 4.78 is 1.15. The van der Waals surface area contributed by atoms with Crippen LogP contribution in [-0.2, 0) is 0 Å². The number of nitrogens with zero attached hydrogens (tertiary/aromatic N) is 1. The van der Waals surface area contributed by atoms with Crippen LogP contribution in [0, 0.1) is 8.80 Å². The van der Waals surface area contributed by atoms with Crippen molar-refractivity contribution in [2.45, 2.75) is 25.8 Å². The summed E-state index contributed by atoms with van der Waals surface area (Å²) in [7, 11) is 0. The number of amides is 1. The molecule has 0 saturated carbocycles. The number of halogens is 1. The molecule has 0 aromatic carbocycles. The Balaban J connectivity index is 2.17. The maximum Gasteiger partial charge on any atom is 0.255 e. The van der Waals surface area contributed by atoms with Gasteiger partial charge in [-0.3, -0.25) is 4.79 Å². The second kappa shape index (κ2) is 5.67. The number of piperidine rings is 1. The van der Waals surface area contributed by atoms with Crippen molar-refractivity contribution in [2.75, 3.05) is 13.1 Å². The summed E-state index contributed by atoms with van der Waals surface area (Å²) in [5.74, 6) is 0.654. The minimum atomic E-state index is 0.145. The predicted octanol–water partition coefficient (Wildman–Crippen LogP) is 2.55. The summed E-state index contributed by atoms with van der Waals surface area (Å²) in [4.78, 5) is 14.4. The average Bonchev–Trinajstić information content (AvgIpc) is 2.74. The Labute approximate surface area is 120 Å². The van der Waals surface area contributed by atoms with E-state index in [4.69, 9.17) is 5.73 Å². The van der Waals surface area contributed by atoms with Gasteiger partial charge in [0.25, 0.3) is 5.91 Å². The number of rotatable bonds is 2. The van der Waals surface area contributed by atoms with Gasteiger partial charge < -0.3 is 10.6 Å². The lowest BCUT2D eigenvalue weighted by Gasteiger charge is -2.39. The lowest BCUT2D eigenvalue weighted by Crippen LogP contribution is -2.51. The van der Waals surface area contributed by atoms with Gasteiger partial charge in [-0.25, -0.2) is 0 Å². The van der Waals surface area contributed by atoms with Crippen LogP contribution in [0.3, 0.4) is 0 Å². The molecule has 1 saturated heterocycles. The highest BCUT2D eigenvalue weighted by atomic mass is 127. The monoisotopic (exact) mass is 364 g/mol. The molecule has 2 atom stereocenters. The summed E-state index contributed by atoms with van der Waals surface area (Å²) in [6.07, 6.45) is 2.26. The fraction of sp³-hybridized carbons (Fsp3) is 0.583. The van der Waals surface area contributed by atoms with Crippen LogP contribution in [0.4, 0.5) is 0 Å². The van der Waals surface area contributed by atoms with Crippen LogP contribution in [0.2, 0.25) is 0 Å². The first-order valence-electron chi connectivity index (χ1n) is 5.88. The molecular formula is C12H17IN2OS.